The summed E-state index contributed by atoms with van der Waals surface area (Å²) in [6.45, 7) is 3.82. The van der Waals surface area contributed by atoms with Gasteiger partial charge in [-0.2, -0.15) is 5.10 Å². The Balaban J connectivity index is 1.73. The first kappa shape index (κ1) is 19.8. The van der Waals surface area contributed by atoms with Crippen molar-refractivity contribution < 1.29 is 13.9 Å². The first-order valence-corrected chi connectivity index (χ1v) is 9.72. The first-order chi connectivity index (χ1) is 14.4. The van der Waals surface area contributed by atoms with Crippen molar-refractivity contribution in [2.45, 2.75) is 31.7 Å². The van der Waals surface area contributed by atoms with Gasteiger partial charge in [-0.25, -0.2) is 19.0 Å². The maximum atomic E-state index is 14.3. The number of primary amides is 1. The minimum absolute atomic E-state index is 0.0653. The Bertz CT molecular complexity index is 1130. The molecule has 1 fully saturated rings. The largest absolute Gasteiger partial charge is 0.494 e. The number of nitrogens with two attached hydrogens (primary N) is 2. The minimum Gasteiger partial charge on any atom is -0.494 e. The van der Waals surface area contributed by atoms with Crippen molar-refractivity contribution in [2.24, 2.45) is 11.7 Å². The molecule has 1 saturated carbocycles. The van der Waals surface area contributed by atoms with Gasteiger partial charge in [0.25, 0.3) is 0 Å². The van der Waals surface area contributed by atoms with E-state index in [0.29, 0.717) is 27.9 Å². The Morgan fingerprint density at radius 1 is 1.27 bits per heavy atom. The van der Waals surface area contributed by atoms with Crippen LogP contribution < -0.4 is 16.2 Å². The van der Waals surface area contributed by atoms with Crippen LogP contribution in [-0.4, -0.2) is 32.8 Å². The zero-order valence-electron chi connectivity index (χ0n) is 16.6. The third-order valence-electron chi connectivity index (χ3n) is 5.80. The van der Waals surface area contributed by atoms with E-state index >= 15 is 0 Å². The molecule has 30 heavy (non-hydrogen) atoms. The van der Waals surface area contributed by atoms with Gasteiger partial charge in [0.2, 0.25) is 5.91 Å². The molecule has 1 amide bonds. The van der Waals surface area contributed by atoms with Crippen molar-refractivity contribution in [3.8, 4) is 17.0 Å². The number of hydrogen-bond donors (Lipinski definition) is 2. The van der Waals surface area contributed by atoms with Crippen LogP contribution >= 0.6 is 0 Å². The van der Waals surface area contributed by atoms with E-state index in [2.05, 4.69) is 16.5 Å². The number of benzene rings is 1. The summed E-state index contributed by atoms with van der Waals surface area (Å²) in [5.74, 6) is -0.422. The number of carbonyl (C=O) groups excluding carboxylic acids is 1. The van der Waals surface area contributed by atoms with Gasteiger partial charge in [-0.05, 0) is 49.8 Å². The molecule has 0 atom stereocenters. The van der Waals surface area contributed by atoms with Crippen molar-refractivity contribution in [2.75, 3.05) is 12.8 Å². The fourth-order valence-electron chi connectivity index (χ4n) is 4.14. The van der Waals surface area contributed by atoms with Gasteiger partial charge in [0, 0.05) is 11.1 Å². The lowest BCUT2D eigenvalue weighted by Gasteiger charge is -2.29. The van der Waals surface area contributed by atoms with Crippen LogP contribution in [0, 0.1) is 11.7 Å². The Labute approximate surface area is 172 Å². The molecule has 0 bridgehead atoms. The van der Waals surface area contributed by atoms with Gasteiger partial charge in [0.1, 0.15) is 17.8 Å². The molecule has 0 aliphatic heterocycles. The Morgan fingerprint density at radius 3 is 2.63 bits per heavy atom. The normalized spacial score (nSPS) is 19.0. The molecule has 0 unspecified atom stereocenters. The number of nitrogen functional groups attached to an aromatic ring is 1. The zero-order chi connectivity index (χ0) is 21.4. The standard InChI is InChI=1S/C21H23FN6O2/c1-11(20(24)29)12-3-6-14(7-4-12)28-21-17(19(23)25-10-26-21)18(27-28)13-5-8-16(30-2)15(22)9-13/h5,8-10,12,14H,1,3-4,6-7H2,2H3,(H2,24,29)(H2,23,25,26). The molecule has 156 valence electrons. The summed E-state index contributed by atoms with van der Waals surface area (Å²) in [5.41, 5.74) is 13.7. The average Bonchev–Trinajstić information content (AvgIpc) is 3.14. The molecule has 3 aromatic rings. The highest BCUT2D eigenvalue weighted by Crippen LogP contribution is 2.39. The van der Waals surface area contributed by atoms with Crippen molar-refractivity contribution in [1.82, 2.24) is 19.7 Å². The number of rotatable bonds is 5. The Hall–Kier alpha value is -3.49. The molecular weight excluding hydrogens is 387 g/mol. The van der Waals surface area contributed by atoms with E-state index in [-0.39, 0.29) is 23.5 Å². The van der Waals surface area contributed by atoms with E-state index in [4.69, 9.17) is 21.3 Å². The molecule has 2 heterocycles. The molecule has 8 nitrogen and oxygen atoms in total. The number of ether oxygens (including phenoxy) is 1. The summed E-state index contributed by atoms with van der Waals surface area (Å²) in [6.07, 6.45) is 4.53. The highest BCUT2D eigenvalue weighted by molar-refractivity contribution is 5.98. The number of aromatic nitrogens is 4. The molecule has 1 aliphatic carbocycles. The number of amides is 1. The van der Waals surface area contributed by atoms with Gasteiger partial charge >= 0.3 is 0 Å². The molecule has 0 saturated heterocycles. The van der Waals surface area contributed by atoms with Crippen LogP contribution in [-0.2, 0) is 4.79 Å². The fourth-order valence-corrected chi connectivity index (χ4v) is 4.14. The summed E-state index contributed by atoms with van der Waals surface area (Å²) >= 11 is 0. The second-order valence-electron chi connectivity index (χ2n) is 7.49. The van der Waals surface area contributed by atoms with Crippen molar-refractivity contribution in [1.29, 1.82) is 0 Å². The van der Waals surface area contributed by atoms with Crippen molar-refractivity contribution >= 4 is 22.8 Å². The number of methoxy groups -OCH3 is 1. The second-order valence-corrected chi connectivity index (χ2v) is 7.49. The van der Waals surface area contributed by atoms with Crippen LogP contribution in [0.1, 0.15) is 31.7 Å². The third kappa shape index (κ3) is 3.36. The second kappa shape index (κ2) is 7.74. The van der Waals surface area contributed by atoms with Crippen LogP contribution in [0.15, 0.2) is 36.7 Å². The topological polar surface area (TPSA) is 122 Å². The smallest absolute Gasteiger partial charge is 0.244 e. The molecule has 2 aromatic heterocycles. The van der Waals surface area contributed by atoms with Gasteiger partial charge in [-0.15, -0.1) is 0 Å². The maximum Gasteiger partial charge on any atom is 0.244 e. The van der Waals surface area contributed by atoms with Gasteiger partial charge < -0.3 is 16.2 Å². The van der Waals surface area contributed by atoms with Gasteiger partial charge in [0.05, 0.1) is 18.5 Å². The van der Waals surface area contributed by atoms with Crippen LogP contribution in [0.2, 0.25) is 0 Å². The van der Waals surface area contributed by atoms with E-state index in [1.54, 1.807) is 12.1 Å². The van der Waals surface area contributed by atoms with Crippen LogP contribution in [0.3, 0.4) is 0 Å². The summed E-state index contributed by atoms with van der Waals surface area (Å²) < 4.78 is 21.2. The number of anilines is 1. The lowest BCUT2D eigenvalue weighted by Crippen LogP contribution is -2.25. The number of hydrogen-bond acceptors (Lipinski definition) is 6. The van der Waals surface area contributed by atoms with E-state index in [1.165, 1.54) is 19.5 Å². The van der Waals surface area contributed by atoms with Gasteiger partial charge in [-0.3, -0.25) is 4.79 Å². The quantitative estimate of drug-likeness (QED) is 0.624. The lowest BCUT2D eigenvalue weighted by molar-refractivity contribution is -0.115. The predicted molar refractivity (Wildman–Crippen MR) is 111 cm³/mol. The zero-order valence-corrected chi connectivity index (χ0v) is 16.6. The SMILES string of the molecule is C=C(C(N)=O)C1CCC(n2nc(-c3ccc(OC)c(F)c3)c3c(N)ncnc32)CC1. The minimum atomic E-state index is -0.487. The monoisotopic (exact) mass is 410 g/mol. The molecule has 9 heteroatoms. The van der Waals surface area contributed by atoms with E-state index in [9.17, 15) is 9.18 Å². The summed E-state index contributed by atoms with van der Waals surface area (Å²) in [4.78, 5) is 19.9. The number of nitrogens with zero attached hydrogens (tertiary/aromatic N) is 4. The Kier molecular flexibility index (Phi) is 5.11. The lowest BCUT2D eigenvalue weighted by atomic mass is 9.82. The highest BCUT2D eigenvalue weighted by atomic mass is 19.1. The Morgan fingerprint density at radius 2 is 2.00 bits per heavy atom. The third-order valence-corrected chi connectivity index (χ3v) is 5.80. The van der Waals surface area contributed by atoms with Crippen LogP contribution in [0.5, 0.6) is 5.75 Å². The molecule has 1 aromatic carbocycles. The first-order valence-electron chi connectivity index (χ1n) is 9.72. The van der Waals surface area contributed by atoms with E-state index in [1.807, 2.05) is 4.68 Å². The van der Waals surface area contributed by atoms with Crippen LogP contribution in [0.4, 0.5) is 10.2 Å². The van der Waals surface area contributed by atoms with Crippen molar-refractivity contribution in [3.63, 3.8) is 0 Å². The fraction of sp³-hybridized carbons (Fsp3) is 0.333. The van der Waals surface area contributed by atoms with Crippen LogP contribution in [0.25, 0.3) is 22.3 Å². The molecule has 0 radical (unpaired) electrons. The number of carbonyl (C=O) groups is 1. The van der Waals surface area contributed by atoms with Gasteiger partial charge in [-0.1, -0.05) is 6.58 Å². The average molecular weight is 410 g/mol. The molecule has 4 N–H and O–H groups in total. The summed E-state index contributed by atoms with van der Waals surface area (Å²) in [6, 6.07) is 4.71. The maximum absolute atomic E-state index is 14.3. The number of halogens is 1. The van der Waals surface area contributed by atoms with E-state index in [0.717, 1.165) is 25.7 Å². The molecule has 0 spiro atoms. The summed E-state index contributed by atoms with van der Waals surface area (Å²) in [5, 5.41) is 5.35. The number of fused-ring (bicyclic) bond motifs is 1. The van der Waals surface area contributed by atoms with Gasteiger partial charge in [0.15, 0.2) is 17.2 Å². The summed E-state index contributed by atoms with van der Waals surface area (Å²) in [7, 11) is 1.41. The molecular formula is C21H23FN6O2. The predicted octanol–water partition coefficient (Wildman–Crippen LogP) is 3.00. The van der Waals surface area contributed by atoms with E-state index < -0.39 is 11.7 Å². The highest BCUT2D eigenvalue weighted by Gasteiger charge is 2.29. The molecule has 1 aliphatic rings. The van der Waals surface area contributed by atoms with Crippen molar-refractivity contribution in [3.05, 3.63) is 42.5 Å². The molecule has 4 rings (SSSR count).